The fraction of sp³-hybridized carbons (Fsp3) is 0.583. The Hall–Kier alpha value is -1.69. The molecule has 0 amide bonds. The first-order valence-corrected chi connectivity index (χ1v) is 6.33. The first kappa shape index (κ1) is 11.4. The van der Waals surface area contributed by atoms with Gasteiger partial charge in [0, 0.05) is 20.2 Å². The van der Waals surface area contributed by atoms with Crippen molar-refractivity contribution in [3.63, 3.8) is 0 Å². The highest BCUT2D eigenvalue weighted by atomic mass is 16.5. The van der Waals surface area contributed by atoms with E-state index in [2.05, 4.69) is 20.4 Å². The van der Waals surface area contributed by atoms with Crippen molar-refractivity contribution in [3.8, 4) is 0 Å². The van der Waals surface area contributed by atoms with Gasteiger partial charge in [0.1, 0.15) is 12.1 Å². The molecule has 1 aliphatic rings. The third kappa shape index (κ3) is 2.15. The van der Waals surface area contributed by atoms with E-state index in [1.807, 2.05) is 7.05 Å². The van der Waals surface area contributed by atoms with Crippen LogP contribution in [0.15, 0.2) is 12.5 Å². The van der Waals surface area contributed by atoms with E-state index < -0.39 is 0 Å². The third-order valence-electron chi connectivity index (χ3n) is 3.31. The molecule has 0 bridgehead atoms. The van der Waals surface area contributed by atoms with Crippen LogP contribution in [0.4, 0.5) is 5.82 Å². The van der Waals surface area contributed by atoms with Crippen molar-refractivity contribution >= 4 is 16.9 Å². The lowest BCUT2D eigenvalue weighted by Gasteiger charge is -2.10. The van der Waals surface area contributed by atoms with E-state index in [9.17, 15) is 0 Å². The SMILES string of the molecule is Cn1ncc2c(NCC[C@@H]3CCCO3)ncnc21. The molecule has 96 valence electrons. The Labute approximate surface area is 105 Å². The number of aromatic nitrogens is 4. The first-order valence-electron chi connectivity index (χ1n) is 6.33. The number of ether oxygens (including phenoxy) is 1. The molecule has 1 saturated heterocycles. The van der Waals surface area contributed by atoms with Gasteiger partial charge in [-0.05, 0) is 19.3 Å². The van der Waals surface area contributed by atoms with E-state index in [0.29, 0.717) is 6.10 Å². The van der Waals surface area contributed by atoms with Gasteiger partial charge in [0.25, 0.3) is 0 Å². The zero-order valence-corrected chi connectivity index (χ0v) is 10.5. The maximum atomic E-state index is 5.59. The summed E-state index contributed by atoms with van der Waals surface area (Å²) in [5, 5.41) is 8.50. The first-order chi connectivity index (χ1) is 8.84. The van der Waals surface area contributed by atoms with E-state index in [1.54, 1.807) is 17.2 Å². The van der Waals surface area contributed by atoms with E-state index in [0.717, 1.165) is 36.4 Å². The van der Waals surface area contributed by atoms with Crippen LogP contribution in [0.2, 0.25) is 0 Å². The zero-order valence-electron chi connectivity index (χ0n) is 10.5. The number of hydrogen-bond acceptors (Lipinski definition) is 5. The normalized spacial score (nSPS) is 19.5. The molecule has 0 aromatic carbocycles. The van der Waals surface area contributed by atoms with Gasteiger partial charge in [-0.3, -0.25) is 4.68 Å². The minimum atomic E-state index is 0.406. The Morgan fingerprint density at radius 2 is 2.44 bits per heavy atom. The van der Waals surface area contributed by atoms with E-state index in [1.165, 1.54) is 12.8 Å². The van der Waals surface area contributed by atoms with Crippen molar-refractivity contribution in [2.45, 2.75) is 25.4 Å². The number of rotatable bonds is 4. The molecular formula is C12H17N5O. The summed E-state index contributed by atoms with van der Waals surface area (Å²) in [5.41, 5.74) is 0.851. The Balaban J connectivity index is 1.66. The van der Waals surface area contributed by atoms with Crippen LogP contribution in [-0.2, 0) is 11.8 Å². The standard InChI is InChI=1S/C12H17N5O/c1-17-12-10(7-16-17)11(14-8-15-12)13-5-4-9-3-2-6-18-9/h7-9H,2-6H2,1H3,(H,13,14,15)/t9-/m0/s1. The lowest BCUT2D eigenvalue weighted by Crippen LogP contribution is -2.13. The summed E-state index contributed by atoms with van der Waals surface area (Å²) in [7, 11) is 1.88. The number of fused-ring (bicyclic) bond motifs is 1. The van der Waals surface area contributed by atoms with Crippen molar-refractivity contribution in [3.05, 3.63) is 12.5 Å². The lowest BCUT2D eigenvalue weighted by atomic mass is 10.2. The van der Waals surface area contributed by atoms with Crippen molar-refractivity contribution in [1.82, 2.24) is 19.7 Å². The molecule has 1 aliphatic heterocycles. The van der Waals surface area contributed by atoms with Gasteiger partial charge in [-0.1, -0.05) is 0 Å². The molecule has 3 heterocycles. The van der Waals surface area contributed by atoms with Crippen LogP contribution in [0.1, 0.15) is 19.3 Å². The summed E-state index contributed by atoms with van der Waals surface area (Å²) in [4.78, 5) is 8.48. The molecule has 1 fully saturated rings. The summed E-state index contributed by atoms with van der Waals surface area (Å²) in [5.74, 6) is 0.853. The molecule has 0 radical (unpaired) electrons. The summed E-state index contributed by atoms with van der Waals surface area (Å²) < 4.78 is 7.35. The van der Waals surface area contributed by atoms with Crippen LogP contribution in [0.3, 0.4) is 0 Å². The molecule has 0 aliphatic carbocycles. The van der Waals surface area contributed by atoms with Gasteiger partial charge in [0.15, 0.2) is 5.65 Å². The average Bonchev–Trinajstić information content (AvgIpc) is 3.01. The van der Waals surface area contributed by atoms with Gasteiger partial charge in [-0.2, -0.15) is 5.10 Å². The molecule has 18 heavy (non-hydrogen) atoms. The second-order valence-corrected chi connectivity index (χ2v) is 4.58. The summed E-state index contributed by atoms with van der Waals surface area (Å²) in [6.07, 6.45) is 7.15. The van der Waals surface area contributed by atoms with Gasteiger partial charge in [0.05, 0.1) is 17.7 Å². The van der Waals surface area contributed by atoms with Gasteiger partial charge in [-0.25, -0.2) is 9.97 Å². The van der Waals surface area contributed by atoms with E-state index >= 15 is 0 Å². The van der Waals surface area contributed by atoms with Gasteiger partial charge >= 0.3 is 0 Å². The van der Waals surface area contributed by atoms with Crippen LogP contribution in [-0.4, -0.2) is 39.0 Å². The Bertz CT molecular complexity index is 532. The molecule has 2 aromatic rings. The van der Waals surface area contributed by atoms with Gasteiger partial charge in [-0.15, -0.1) is 0 Å². The average molecular weight is 247 g/mol. The van der Waals surface area contributed by atoms with E-state index in [-0.39, 0.29) is 0 Å². The smallest absolute Gasteiger partial charge is 0.163 e. The van der Waals surface area contributed by atoms with Crippen LogP contribution in [0.5, 0.6) is 0 Å². The monoisotopic (exact) mass is 247 g/mol. The minimum absolute atomic E-state index is 0.406. The number of anilines is 1. The fourth-order valence-corrected chi connectivity index (χ4v) is 2.33. The number of nitrogens with one attached hydrogen (secondary N) is 1. The van der Waals surface area contributed by atoms with Crippen LogP contribution in [0, 0.1) is 0 Å². The molecule has 0 unspecified atom stereocenters. The highest BCUT2D eigenvalue weighted by molar-refractivity contribution is 5.85. The lowest BCUT2D eigenvalue weighted by molar-refractivity contribution is 0.107. The maximum Gasteiger partial charge on any atom is 0.163 e. The van der Waals surface area contributed by atoms with Gasteiger partial charge < -0.3 is 10.1 Å². The zero-order chi connectivity index (χ0) is 12.4. The second-order valence-electron chi connectivity index (χ2n) is 4.58. The Morgan fingerprint density at radius 3 is 3.28 bits per heavy atom. The molecule has 1 atom stereocenters. The predicted octanol–water partition coefficient (Wildman–Crippen LogP) is 1.34. The van der Waals surface area contributed by atoms with Crippen molar-refractivity contribution in [2.75, 3.05) is 18.5 Å². The number of hydrogen-bond donors (Lipinski definition) is 1. The minimum Gasteiger partial charge on any atom is -0.378 e. The van der Waals surface area contributed by atoms with Crippen molar-refractivity contribution in [1.29, 1.82) is 0 Å². The van der Waals surface area contributed by atoms with Crippen LogP contribution in [0.25, 0.3) is 11.0 Å². The van der Waals surface area contributed by atoms with Crippen molar-refractivity contribution in [2.24, 2.45) is 7.05 Å². The van der Waals surface area contributed by atoms with Crippen LogP contribution >= 0.6 is 0 Å². The molecule has 3 rings (SSSR count). The molecule has 6 nitrogen and oxygen atoms in total. The maximum absolute atomic E-state index is 5.59. The quantitative estimate of drug-likeness (QED) is 0.883. The Morgan fingerprint density at radius 1 is 1.50 bits per heavy atom. The highest BCUT2D eigenvalue weighted by Crippen LogP contribution is 2.19. The largest absolute Gasteiger partial charge is 0.378 e. The highest BCUT2D eigenvalue weighted by Gasteiger charge is 2.15. The molecule has 0 saturated carbocycles. The number of aryl methyl sites for hydroxylation is 1. The Kier molecular flexibility index (Phi) is 3.10. The molecular weight excluding hydrogens is 230 g/mol. The summed E-state index contributed by atoms with van der Waals surface area (Å²) in [6, 6.07) is 0. The van der Waals surface area contributed by atoms with Crippen molar-refractivity contribution < 1.29 is 4.74 Å². The summed E-state index contributed by atoms with van der Waals surface area (Å²) >= 11 is 0. The summed E-state index contributed by atoms with van der Waals surface area (Å²) in [6.45, 7) is 1.77. The van der Waals surface area contributed by atoms with Crippen LogP contribution < -0.4 is 5.32 Å². The van der Waals surface area contributed by atoms with E-state index in [4.69, 9.17) is 4.74 Å². The third-order valence-corrected chi connectivity index (χ3v) is 3.31. The van der Waals surface area contributed by atoms with Gasteiger partial charge in [0.2, 0.25) is 0 Å². The fourth-order valence-electron chi connectivity index (χ4n) is 2.33. The molecule has 1 N–H and O–H groups in total. The second kappa shape index (κ2) is 4.89. The predicted molar refractivity (Wildman–Crippen MR) is 68.4 cm³/mol. The topological polar surface area (TPSA) is 64.9 Å². The number of nitrogens with zero attached hydrogens (tertiary/aromatic N) is 4. The molecule has 0 spiro atoms. The molecule has 2 aromatic heterocycles. The molecule has 6 heteroatoms.